The summed E-state index contributed by atoms with van der Waals surface area (Å²) in [5, 5.41) is 0. The molecule has 0 unspecified atom stereocenters. The van der Waals surface area contributed by atoms with Gasteiger partial charge in [0.15, 0.2) is 0 Å². The summed E-state index contributed by atoms with van der Waals surface area (Å²) in [5.74, 6) is 2.10. The Kier molecular flexibility index (Phi) is 5.36. The molecule has 0 spiro atoms. The molecule has 2 rings (SSSR count). The van der Waals surface area contributed by atoms with Crippen LogP contribution in [0.4, 0.5) is 0 Å². The first-order valence-electron chi connectivity index (χ1n) is 7.76. The summed E-state index contributed by atoms with van der Waals surface area (Å²) in [7, 11) is 0. The van der Waals surface area contributed by atoms with Crippen molar-refractivity contribution in [1.29, 1.82) is 0 Å². The highest BCUT2D eigenvalue weighted by molar-refractivity contribution is 5.74. The van der Waals surface area contributed by atoms with Crippen molar-refractivity contribution in [3.05, 3.63) is 35.4 Å². The quantitative estimate of drug-likeness (QED) is 0.740. The van der Waals surface area contributed by atoms with E-state index in [4.69, 9.17) is 4.74 Å². The molecule has 0 N–H and O–H groups in total. The lowest BCUT2D eigenvalue weighted by atomic mass is 9.75. The average molecular weight is 274 g/mol. The zero-order chi connectivity index (χ0) is 14.5. The van der Waals surface area contributed by atoms with Crippen LogP contribution >= 0.6 is 0 Å². The zero-order valence-electron chi connectivity index (χ0n) is 12.8. The van der Waals surface area contributed by atoms with Crippen molar-refractivity contribution in [2.45, 2.75) is 52.7 Å². The predicted octanol–water partition coefficient (Wildman–Crippen LogP) is 4.48. The third-order valence-electron chi connectivity index (χ3n) is 4.51. The number of carbonyl (C=O) groups is 1. The molecular formula is C18H26O2. The van der Waals surface area contributed by atoms with E-state index in [1.165, 1.54) is 12.8 Å². The van der Waals surface area contributed by atoms with Crippen molar-refractivity contribution in [2.75, 3.05) is 0 Å². The van der Waals surface area contributed by atoms with Crippen LogP contribution in [-0.4, -0.2) is 12.4 Å². The molecule has 3 atom stereocenters. The van der Waals surface area contributed by atoms with Gasteiger partial charge in [-0.2, -0.15) is 0 Å². The molecule has 0 saturated heterocycles. The van der Waals surface area contributed by atoms with Crippen molar-refractivity contribution in [1.82, 2.24) is 0 Å². The topological polar surface area (TPSA) is 26.3 Å². The summed E-state index contributed by atoms with van der Waals surface area (Å²) in [4.78, 5) is 10.8. The second kappa shape index (κ2) is 7.03. The lowest BCUT2D eigenvalue weighted by Gasteiger charge is -2.37. The molecule has 2 heteroatoms. The van der Waals surface area contributed by atoms with E-state index >= 15 is 0 Å². The summed E-state index contributed by atoms with van der Waals surface area (Å²) in [5.41, 5.74) is 1.82. The fourth-order valence-electron chi connectivity index (χ4n) is 3.27. The Labute approximate surface area is 122 Å². The molecule has 1 fully saturated rings. The van der Waals surface area contributed by atoms with E-state index in [2.05, 4.69) is 20.8 Å². The smallest absolute Gasteiger partial charge is 0.150 e. The second-order valence-corrected chi connectivity index (χ2v) is 6.54. The van der Waals surface area contributed by atoms with Crippen LogP contribution in [0.25, 0.3) is 0 Å². The number of ether oxygens (including phenoxy) is 1. The van der Waals surface area contributed by atoms with Crippen molar-refractivity contribution in [3.63, 3.8) is 0 Å². The summed E-state index contributed by atoms with van der Waals surface area (Å²) < 4.78 is 6.20. The van der Waals surface area contributed by atoms with Crippen LogP contribution in [0.2, 0.25) is 0 Å². The number of hydrogen-bond donors (Lipinski definition) is 0. The van der Waals surface area contributed by atoms with Gasteiger partial charge in [0.05, 0.1) is 12.7 Å². The summed E-state index contributed by atoms with van der Waals surface area (Å²) in [6.07, 6.45) is 5.01. The standard InChI is InChI=1S/C18H26O2/c1-13(2)17-8-7-14(3)9-18(17)20-12-16-6-4-5-15(10-16)11-19/h4-6,10-11,13-14,17-18H,7-9,12H2,1-3H3/t14-,17+,18-/m1/s1. The van der Waals surface area contributed by atoms with Gasteiger partial charge in [-0.05, 0) is 42.2 Å². The van der Waals surface area contributed by atoms with Gasteiger partial charge in [0.25, 0.3) is 0 Å². The van der Waals surface area contributed by atoms with Crippen LogP contribution in [0.1, 0.15) is 56.0 Å². The number of carbonyl (C=O) groups excluding carboxylic acids is 1. The number of hydrogen-bond acceptors (Lipinski definition) is 2. The van der Waals surface area contributed by atoms with Gasteiger partial charge in [0.2, 0.25) is 0 Å². The highest BCUT2D eigenvalue weighted by atomic mass is 16.5. The monoisotopic (exact) mass is 274 g/mol. The first-order chi connectivity index (χ1) is 9.60. The minimum atomic E-state index is 0.360. The lowest BCUT2D eigenvalue weighted by Crippen LogP contribution is -2.34. The van der Waals surface area contributed by atoms with E-state index in [0.717, 1.165) is 29.8 Å². The molecule has 0 aliphatic heterocycles. The van der Waals surface area contributed by atoms with E-state index in [-0.39, 0.29) is 0 Å². The Balaban J connectivity index is 1.97. The maximum atomic E-state index is 10.8. The minimum absolute atomic E-state index is 0.360. The highest BCUT2D eigenvalue weighted by Gasteiger charge is 2.31. The Hall–Kier alpha value is -1.15. The molecule has 1 aliphatic rings. The maximum absolute atomic E-state index is 10.8. The molecular weight excluding hydrogens is 248 g/mol. The third kappa shape index (κ3) is 3.92. The van der Waals surface area contributed by atoms with E-state index < -0.39 is 0 Å². The minimum Gasteiger partial charge on any atom is -0.373 e. The highest BCUT2D eigenvalue weighted by Crippen LogP contribution is 2.35. The molecule has 1 aromatic rings. The van der Waals surface area contributed by atoms with Gasteiger partial charge in [-0.3, -0.25) is 4.79 Å². The van der Waals surface area contributed by atoms with Crippen LogP contribution in [0.3, 0.4) is 0 Å². The van der Waals surface area contributed by atoms with E-state index in [0.29, 0.717) is 24.5 Å². The Morgan fingerprint density at radius 2 is 2.15 bits per heavy atom. The molecule has 0 amide bonds. The van der Waals surface area contributed by atoms with Crippen molar-refractivity contribution >= 4 is 6.29 Å². The number of rotatable bonds is 5. The molecule has 0 aromatic heterocycles. The van der Waals surface area contributed by atoms with Gasteiger partial charge in [0, 0.05) is 5.56 Å². The largest absolute Gasteiger partial charge is 0.373 e. The lowest BCUT2D eigenvalue weighted by molar-refractivity contribution is -0.0472. The van der Waals surface area contributed by atoms with Gasteiger partial charge in [-0.25, -0.2) is 0 Å². The van der Waals surface area contributed by atoms with E-state index in [1.807, 2.05) is 24.3 Å². The Morgan fingerprint density at radius 3 is 2.85 bits per heavy atom. The summed E-state index contributed by atoms with van der Waals surface area (Å²) >= 11 is 0. The fourth-order valence-corrected chi connectivity index (χ4v) is 3.27. The van der Waals surface area contributed by atoms with Gasteiger partial charge in [-0.15, -0.1) is 0 Å². The molecule has 2 nitrogen and oxygen atoms in total. The molecule has 1 saturated carbocycles. The van der Waals surface area contributed by atoms with Gasteiger partial charge in [-0.1, -0.05) is 45.4 Å². The first-order valence-corrected chi connectivity index (χ1v) is 7.76. The second-order valence-electron chi connectivity index (χ2n) is 6.54. The van der Waals surface area contributed by atoms with Gasteiger partial charge >= 0.3 is 0 Å². The molecule has 20 heavy (non-hydrogen) atoms. The van der Waals surface area contributed by atoms with Crippen LogP contribution < -0.4 is 0 Å². The van der Waals surface area contributed by atoms with Crippen molar-refractivity contribution in [3.8, 4) is 0 Å². The average Bonchev–Trinajstić information content (AvgIpc) is 2.45. The van der Waals surface area contributed by atoms with Crippen LogP contribution in [0.15, 0.2) is 24.3 Å². The van der Waals surface area contributed by atoms with Crippen LogP contribution in [0.5, 0.6) is 0 Å². The van der Waals surface area contributed by atoms with Crippen LogP contribution in [-0.2, 0) is 11.3 Å². The van der Waals surface area contributed by atoms with Crippen molar-refractivity contribution in [2.24, 2.45) is 17.8 Å². The first kappa shape index (κ1) is 15.2. The summed E-state index contributed by atoms with van der Waals surface area (Å²) in [6, 6.07) is 7.70. The summed E-state index contributed by atoms with van der Waals surface area (Å²) in [6.45, 7) is 7.52. The normalized spacial score (nSPS) is 26.7. The molecule has 1 aromatic carbocycles. The zero-order valence-corrected chi connectivity index (χ0v) is 12.8. The Bertz CT molecular complexity index is 439. The van der Waals surface area contributed by atoms with E-state index in [1.54, 1.807) is 0 Å². The van der Waals surface area contributed by atoms with Gasteiger partial charge in [0.1, 0.15) is 6.29 Å². The van der Waals surface area contributed by atoms with Gasteiger partial charge < -0.3 is 4.74 Å². The van der Waals surface area contributed by atoms with Crippen LogP contribution in [0, 0.1) is 17.8 Å². The molecule has 0 radical (unpaired) electrons. The molecule has 110 valence electrons. The van der Waals surface area contributed by atoms with Crippen molar-refractivity contribution < 1.29 is 9.53 Å². The molecule has 0 bridgehead atoms. The van der Waals surface area contributed by atoms with E-state index in [9.17, 15) is 4.79 Å². The number of aldehydes is 1. The SMILES string of the molecule is CC(C)[C@@H]1CC[C@@H](C)C[C@H]1OCc1cccc(C=O)c1. The number of benzene rings is 1. The molecule has 1 aliphatic carbocycles. The third-order valence-corrected chi connectivity index (χ3v) is 4.51. The predicted molar refractivity (Wildman–Crippen MR) is 81.7 cm³/mol. The Morgan fingerprint density at radius 1 is 1.35 bits per heavy atom. The molecule has 0 heterocycles. The maximum Gasteiger partial charge on any atom is 0.150 e. The fraction of sp³-hybridized carbons (Fsp3) is 0.611.